The number of phenolic OH excluding ortho intramolecular Hbond substituents is 4. The van der Waals surface area contributed by atoms with E-state index >= 15 is 0 Å². The van der Waals surface area contributed by atoms with Crippen molar-refractivity contribution < 1.29 is 24.8 Å². The van der Waals surface area contributed by atoms with Gasteiger partial charge in [0.25, 0.3) is 0 Å². The molecule has 0 amide bonds. The Morgan fingerprint density at radius 1 is 0.824 bits per heavy atom. The number of phenols is 4. The quantitative estimate of drug-likeness (QED) is 0.180. The van der Waals surface area contributed by atoms with Gasteiger partial charge in [0.15, 0.2) is 11.5 Å². The highest BCUT2D eigenvalue weighted by molar-refractivity contribution is 5.97. The average Bonchev–Trinajstić information content (AvgIpc) is 2.74. The molecule has 0 fully saturated rings. The highest BCUT2D eigenvalue weighted by atomic mass is 16.3. The zero-order chi connectivity index (χ0) is 25.2. The standard InChI is InChI=1S/C28H32O6/c1-15(2)7-6-8-17(5)10-12-18-21(29)14-23-24(26(18)32)27(33)20-13-22(30)25(31)19(28(20)34-23)11-9-16(3)4/h7,9-10,13-14,29-32H,6,8,11-12H2,1-5H3/b17-10+. The molecular formula is C28H32O6. The summed E-state index contributed by atoms with van der Waals surface area (Å²) in [5, 5.41) is 42.1. The van der Waals surface area contributed by atoms with E-state index < -0.39 is 11.2 Å². The van der Waals surface area contributed by atoms with E-state index in [1.54, 1.807) is 0 Å². The minimum absolute atomic E-state index is 0.00375. The summed E-state index contributed by atoms with van der Waals surface area (Å²) < 4.78 is 5.90. The topological polar surface area (TPSA) is 111 Å². The van der Waals surface area contributed by atoms with Crippen LogP contribution in [0.4, 0.5) is 0 Å². The number of hydrogen-bond acceptors (Lipinski definition) is 6. The third-order valence-corrected chi connectivity index (χ3v) is 5.82. The maximum atomic E-state index is 13.3. The Kier molecular flexibility index (Phi) is 7.40. The number of hydrogen-bond donors (Lipinski definition) is 4. The first-order chi connectivity index (χ1) is 16.0. The number of benzene rings is 2. The van der Waals surface area contributed by atoms with Crippen LogP contribution in [0.1, 0.15) is 58.6 Å². The molecule has 0 bridgehead atoms. The summed E-state index contributed by atoms with van der Waals surface area (Å²) in [6, 6.07) is 2.45. The van der Waals surface area contributed by atoms with Crippen LogP contribution in [0.3, 0.4) is 0 Å². The fraction of sp³-hybridized carbons (Fsp3) is 0.321. The molecule has 4 N–H and O–H groups in total. The van der Waals surface area contributed by atoms with Gasteiger partial charge < -0.3 is 24.8 Å². The summed E-state index contributed by atoms with van der Waals surface area (Å²) in [5.41, 5.74) is 3.39. The molecule has 0 spiro atoms. The van der Waals surface area contributed by atoms with E-state index in [1.807, 2.05) is 46.8 Å². The van der Waals surface area contributed by atoms with Gasteiger partial charge in [0, 0.05) is 17.2 Å². The van der Waals surface area contributed by atoms with Gasteiger partial charge in [0.1, 0.15) is 28.1 Å². The number of aromatic hydroxyl groups is 4. The largest absolute Gasteiger partial charge is 0.507 e. The molecule has 2 aromatic carbocycles. The smallest absolute Gasteiger partial charge is 0.204 e. The summed E-state index contributed by atoms with van der Waals surface area (Å²) >= 11 is 0. The SMILES string of the molecule is CC(C)=CCC/C(C)=C/Cc1c(O)cc2oc3c(CC=C(C)C)c(O)c(O)cc3c(=O)c2c1O. The molecule has 3 rings (SSSR count). The zero-order valence-corrected chi connectivity index (χ0v) is 20.3. The lowest BCUT2D eigenvalue weighted by molar-refractivity contribution is 0.400. The number of rotatable bonds is 7. The molecule has 0 unspecified atom stereocenters. The van der Waals surface area contributed by atoms with Gasteiger partial charge >= 0.3 is 0 Å². The van der Waals surface area contributed by atoms with Gasteiger partial charge in [-0.1, -0.05) is 34.9 Å². The van der Waals surface area contributed by atoms with E-state index in [0.29, 0.717) is 0 Å². The van der Waals surface area contributed by atoms with Gasteiger partial charge in [-0.2, -0.15) is 0 Å². The van der Waals surface area contributed by atoms with Gasteiger partial charge in [-0.25, -0.2) is 0 Å². The van der Waals surface area contributed by atoms with Crippen LogP contribution in [0.15, 0.2) is 56.3 Å². The molecule has 0 atom stereocenters. The summed E-state index contributed by atoms with van der Waals surface area (Å²) in [6.45, 7) is 9.86. The molecule has 0 aliphatic carbocycles. The highest BCUT2D eigenvalue weighted by Crippen LogP contribution is 2.40. The second kappa shape index (κ2) is 10.1. The van der Waals surface area contributed by atoms with E-state index in [-0.39, 0.29) is 63.2 Å². The summed E-state index contributed by atoms with van der Waals surface area (Å²) in [7, 11) is 0. The van der Waals surface area contributed by atoms with Crippen molar-refractivity contribution in [2.45, 2.75) is 60.3 Å². The van der Waals surface area contributed by atoms with Crippen LogP contribution < -0.4 is 5.43 Å². The first kappa shape index (κ1) is 25.0. The second-order valence-electron chi connectivity index (χ2n) is 9.19. The maximum Gasteiger partial charge on any atom is 0.204 e. The molecular weight excluding hydrogens is 432 g/mol. The fourth-order valence-electron chi connectivity index (χ4n) is 3.86. The lowest BCUT2D eigenvalue weighted by Crippen LogP contribution is -2.05. The van der Waals surface area contributed by atoms with Crippen molar-refractivity contribution in [2.24, 2.45) is 0 Å². The fourth-order valence-corrected chi connectivity index (χ4v) is 3.86. The summed E-state index contributed by atoms with van der Waals surface area (Å²) in [4.78, 5) is 13.3. The molecule has 6 heteroatoms. The second-order valence-corrected chi connectivity index (χ2v) is 9.19. The van der Waals surface area contributed by atoms with Crippen LogP contribution in [0, 0.1) is 0 Å². The van der Waals surface area contributed by atoms with Crippen LogP contribution in [0.2, 0.25) is 0 Å². The first-order valence-electron chi connectivity index (χ1n) is 11.3. The van der Waals surface area contributed by atoms with E-state index in [2.05, 4.69) is 6.08 Å². The van der Waals surface area contributed by atoms with Crippen molar-refractivity contribution in [1.29, 1.82) is 0 Å². The normalized spacial score (nSPS) is 11.7. The van der Waals surface area contributed by atoms with Crippen molar-refractivity contribution >= 4 is 21.9 Å². The molecule has 34 heavy (non-hydrogen) atoms. The third kappa shape index (κ3) is 5.11. The van der Waals surface area contributed by atoms with Gasteiger partial charge in [-0.15, -0.1) is 0 Å². The maximum absolute atomic E-state index is 13.3. The lowest BCUT2D eigenvalue weighted by Gasteiger charge is -2.12. The molecule has 1 heterocycles. The number of fused-ring (bicyclic) bond motifs is 2. The molecule has 0 radical (unpaired) electrons. The van der Waals surface area contributed by atoms with E-state index in [0.717, 1.165) is 30.1 Å². The Labute approximate surface area is 198 Å². The lowest BCUT2D eigenvalue weighted by atomic mass is 9.99. The van der Waals surface area contributed by atoms with Crippen molar-refractivity contribution in [3.8, 4) is 23.0 Å². The van der Waals surface area contributed by atoms with Gasteiger partial charge in [0.05, 0.1) is 5.39 Å². The molecule has 0 saturated heterocycles. The minimum atomic E-state index is -0.548. The van der Waals surface area contributed by atoms with Crippen LogP contribution in [-0.2, 0) is 12.8 Å². The molecule has 3 aromatic rings. The van der Waals surface area contributed by atoms with Crippen LogP contribution >= 0.6 is 0 Å². The van der Waals surface area contributed by atoms with Crippen molar-refractivity contribution in [3.63, 3.8) is 0 Å². The molecule has 0 saturated carbocycles. The Balaban J connectivity index is 2.15. The first-order valence-corrected chi connectivity index (χ1v) is 11.3. The van der Waals surface area contributed by atoms with Crippen LogP contribution in [-0.4, -0.2) is 20.4 Å². The monoisotopic (exact) mass is 464 g/mol. The number of allylic oxidation sites excluding steroid dienone is 6. The highest BCUT2D eigenvalue weighted by Gasteiger charge is 2.22. The predicted octanol–water partition coefficient (Wildman–Crippen LogP) is 6.51. The molecule has 0 aliphatic rings. The van der Waals surface area contributed by atoms with Gasteiger partial charge in [-0.3, -0.25) is 4.79 Å². The summed E-state index contributed by atoms with van der Waals surface area (Å²) in [6.07, 6.45) is 8.15. The van der Waals surface area contributed by atoms with E-state index in [4.69, 9.17) is 4.42 Å². The average molecular weight is 465 g/mol. The van der Waals surface area contributed by atoms with E-state index in [9.17, 15) is 25.2 Å². The zero-order valence-electron chi connectivity index (χ0n) is 20.3. The van der Waals surface area contributed by atoms with Crippen LogP contribution in [0.25, 0.3) is 21.9 Å². The van der Waals surface area contributed by atoms with Crippen molar-refractivity contribution in [1.82, 2.24) is 0 Å². The molecule has 0 aliphatic heterocycles. The van der Waals surface area contributed by atoms with Crippen molar-refractivity contribution in [3.05, 3.63) is 68.4 Å². The molecule has 1 aromatic heterocycles. The predicted molar refractivity (Wildman–Crippen MR) is 136 cm³/mol. The summed E-state index contributed by atoms with van der Waals surface area (Å²) in [5.74, 6) is -1.34. The Morgan fingerprint density at radius 3 is 2.12 bits per heavy atom. The Morgan fingerprint density at radius 2 is 1.47 bits per heavy atom. The Bertz CT molecular complexity index is 1390. The molecule has 6 nitrogen and oxygen atoms in total. The van der Waals surface area contributed by atoms with Gasteiger partial charge in [0.2, 0.25) is 5.43 Å². The van der Waals surface area contributed by atoms with Crippen LogP contribution in [0.5, 0.6) is 23.0 Å². The van der Waals surface area contributed by atoms with Crippen molar-refractivity contribution in [2.75, 3.05) is 0 Å². The van der Waals surface area contributed by atoms with Gasteiger partial charge in [-0.05, 0) is 66.4 Å². The third-order valence-electron chi connectivity index (χ3n) is 5.82. The molecule has 180 valence electrons. The van der Waals surface area contributed by atoms with E-state index in [1.165, 1.54) is 11.6 Å². The minimum Gasteiger partial charge on any atom is -0.507 e. The Hall–Kier alpha value is -3.67.